The Hall–Kier alpha value is -1.62. The lowest BCUT2D eigenvalue weighted by molar-refractivity contribution is -0.137. The first kappa shape index (κ1) is 19.4. The Labute approximate surface area is 132 Å². The van der Waals surface area contributed by atoms with Crippen molar-refractivity contribution in [1.82, 2.24) is 19.0 Å². The Morgan fingerprint density at radius 2 is 1.70 bits per heavy atom. The van der Waals surface area contributed by atoms with E-state index >= 15 is 0 Å². The number of alkyl halides is 3. The monoisotopic (exact) mass is 356 g/mol. The zero-order valence-corrected chi connectivity index (χ0v) is 13.9. The summed E-state index contributed by atoms with van der Waals surface area (Å²) < 4.78 is 61.8. The normalized spacial score (nSPS) is 16.7. The van der Waals surface area contributed by atoms with Gasteiger partial charge in [0.25, 0.3) is 0 Å². The maximum atomic E-state index is 12.4. The number of hydrogen-bond donors (Lipinski definition) is 0. The van der Waals surface area contributed by atoms with Gasteiger partial charge in [0.2, 0.25) is 10.0 Å². The molecule has 1 saturated heterocycles. The van der Waals surface area contributed by atoms with E-state index in [1.807, 2.05) is 13.8 Å². The molecule has 0 aliphatic carbocycles. The van der Waals surface area contributed by atoms with Gasteiger partial charge in [-0.05, 0) is 0 Å². The zero-order valence-electron chi connectivity index (χ0n) is 13.0. The molecule has 0 unspecified atom stereocenters. The highest BCUT2D eigenvalue weighted by Gasteiger charge is 2.34. The average Bonchev–Trinajstić information content (AvgIpc) is 2.98. The van der Waals surface area contributed by atoms with Gasteiger partial charge in [-0.25, -0.2) is 13.2 Å². The first-order chi connectivity index (χ1) is 10.6. The predicted molar refractivity (Wildman–Crippen MR) is 77.4 cm³/mol. The quantitative estimate of drug-likeness (QED) is 0.764. The molecule has 2 heterocycles. The molecule has 0 aromatic carbocycles. The van der Waals surface area contributed by atoms with Crippen LogP contribution in [0.4, 0.5) is 18.0 Å². The standard InChI is InChI=1S/C10H13F3N4O3S.C2H6/c1-21(19,20)16-4-2-15(3-5-16)9(18)17-7-8(6-14-17)10(11,12)13;1-2/h6-7H,2-5H2,1H3;1-2H3. The van der Waals surface area contributed by atoms with E-state index in [4.69, 9.17) is 0 Å². The minimum atomic E-state index is -4.56. The average molecular weight is 356 g/mol. The van der Waals surface area contributed by atoms with Crippen LogP contribution < -0.4 is 0 Å². The maximum absolute atomic E-state index is 12.4. The summed E-state index contributed by atoms with van der Waals surface area (Å²) in [6, 6.07) is -0.710. The Kier molecular flexibility index (Phi) is 6.17. The number of halogens is 3. The number of carbonyl (C=O) groups is 1. The van der Waals surface area contributed by atoms with Crippen LogP contribution in [0.15, 0.2) is 12.4 Å². The van der Waals surface area contributed by atoms with Gasteiger partial charge < -0.3 is 4.90 Å². The molecule has 0 atom stereocenters. The van der Waals surface area contributed by atoms with E-state index in [9.17, 15) is 26.4 Å². The van der Waals surface area contributed by atoms with Gasteiger partial charge in [-0.3, -0.25) is 0 Å². The largest absolute Gasteiger partial charge is 0.419 e. The van der Waals surface area contributed by atoms with Crippen LogP contribution in [0.3, 0.4) is 0 Å². The van der Waals surface area contributed by atoms with Crippen LogP contribution in [-0.2, 0) is 16.2 Å². The summed E-state index contributed by atoms with van der Waals surface area (Å²) in [5.41, 5.74) is -1.01. The van der Waals surface area contributed by atoms with Gasteiger partial charge >= 0.3 is 12.2 Å². The fraction of sp³-hybridized carbons (Fsp3) is 0.667. The van der Waals surface area contributed by atoms with E-state index < -0.39 is 27.8 Å². The summed E-state index contributed by atoms with van der Waals surface area (Å²) in [6.45, 7) is 4.43. The van der Waals surface area contributed by atoms with Crippen molar-refractivity contribution in [3.8, 4) is 0 Å². The van der Waals surface area contributed by atoms with E-state index in [1.165, 1.54) is 9.21 Å². The van der Waals surface area contributed by atoms with Gasteiger partial charge in [0.05, 0.1) is 18.0 Å². The van der Waals surface area contributed by atoms with Crippen LogP contribution in [0, 0.1) is 0 Å². The molecule has 1 aromatic heterocycles. The summed E-state index contributed by atoms with van der Waals surface area (Å²) in [4.78, 5) is 13.2. The van der Waals surface area contributed by atoms with Crippen LogP contribution in [-0.4, -0.2) is 65.9 Å². The number of amides is 1. The molecule has 1 aliphatic heterocycles. The van der Waals surface area contributed by atoms with Crippen LogP contribution in [0.2, 0.25) is 0 Å². The van der Waals surface area contributed by atoms with Gasteiger partial charge in [0.1, 0.15) is 0 Å². The Balaban J connectivity index is 0.00000127. The van der Waals surface area contributed by atoms with Gasteiger partial charge in [0, 0.05) is 32.4 Å². The molecule has 0 spiro atoms. The van der Waals surface area contributed by atoms with E-state index in [0.717, 1.165) is 6.26 Å². The van der Waals surface area contributed by atoms with Crippen LogP contribution in [0.25, 0.3) is 0 Å². The Morgan fingerprint density at radius 3 is 2.09 bits per heavy atom. The van der Waals surface area contributed by atoms with Gasteiger partial charge in [-0.1, -0.05) is 13.8 Å². The number of nitrogens with zero attached hydrogens (tertiary/aromatic N) is 4. The van der Waals surface area contributed by atoms with E-state index in [0.29, 0.717) is 17.1 Å². The number of carbonyl (C=O) groups excluding carboxylic acids is 1. The second-order valence-corrected chi connectivity index (χ2v) is 6.59. The van der Waals surface area contributed by atoms with Gasteiger partial charge in [-0.15, -0.1) is 0 Å². The second-order valence-electron chi connectivity index (χ2n) is 4.60. The van der Waals surface area contributed by atoms with E-state index in [1.54, 1.807) is 0 Å². The van der Waals surface area contributed by atoms with Crippen LogP contribution in [0.1, 0.15) is 19.4 Å². The minimum absolute atomic E-state index is 0.104. The summed E-state index contributed by atoms with van der Waals surface area (Å²) >= 11 is 0. The predicted octanol–water partition coefficient (Wildman–Crippen LogP) is 1.47. The van der Waals surface area contributed by atoms with E-state index in [-0.39, 0.29) is 26.2 Å². The lowest BCUT2D eigenvalue weighted by Gasteiger charge is -2.32. The van der Waals surface area contributed by atoms with Crippen molar-refractivity contribution in [3.05, 3.63) is 18.0 Å². The minimum Gasteiger partial charge on any atom is -0.320 e. The van der Waals surface area contributed by atoms with Gasteiger partial charge in [-0.2, -0.15) is 27.3 Å². The highest BCUT2D eigenvalue weighted by molar-refractivity contribution is 7.88. The van der Waals surface area contributed by atoms with Crippen molar-refractivity contribution in [2.24, 2.45) is 0 Å². The van der Waals surface area contributed by atoms with Gasteiger partial charge in [0.15, 0.2) is 0 Å². The van der Waals surface area contributed by atoms with Crippen molar-refractivity contribution >= 4 is 16.1 Å². The Morgan fingerprint density at radius 1 is 1.17 bits per heavy atom. The highest BCUT2D eigenvalue weighted by atomic mass is 32.2. The molecule has 0 saturated carbocycles. The summed E-state index contributed by atoms with van der Waals surface area (Å²) in [5.74, 6) is 0. The lowest BCUT2D eigenvalue weighted by Crippen LogP contribution is -2.51. The SMILES string of the molecule is CC.CS(=O)(=O)N1CCN(C(=O)n2cc(C(F)(F)F)cn2)CC1. The van der Waals surface area contributed by atoms with Crippen molar-refractivity contribution in [2.45, 2.75) is 20.0 Å². The number of piperazine rings is 1. The Bertz CT molecular complexity index is 634. The number of sulfonamides is 1. The topological polar surface area (TPSA) is 75.5 Å². The molecular weight excluding hydrogens is 337 g/mol. The molecule has 1 amide bonds. The molecule has 0 radical (unpaired) electrons. The van der Waals surface area contributed by atoms with Crippen molar-refractivity contribution < 1.29 is 26.4 Å². The lowest BCUT2D eigenvalue weighted by atomic mass is 10.3. The fourth-order valence-corrected chi connectivity index (χ4v) is 2.76. The highest BCUT2D eigenvalue weighted by Crippen LogP contribution is 2.28. The summed E-state index contributed by atoms with van der Waals surface area (Å²) in [6.07, 6.45) is -2.31. The molecular formula is C12H19F3N4O3S. The van der Waals surface area contributed by atoms with Crippen molar-refractivity contribution in [1.29, 1.82) is 0 Å². The fourth-order valence-electron chi connectivity index (χ4n) is 1.93. The summed E-state index contributed by atoms with van der Waals surface area (Å²) in [7, 11) is -3.33. The van der Waals surface area contributed by atoms with Crippen molar-refractivity contribution in [2.75, 3.05) is 32.4 Å². The molecule has 23 heavy (non-hydrogen) atoms. The first-order valence-corrected chi connectivity index (χ1v) is 8.80. The molecule has 7 nitrogen and oxygen atoms in total. The van der Waals surface area contributed by atoms with Crippen LogP contribution in [0.5, 0.6) is 0 Å². The molecule has 0 bridgehead atoms. The third-order valence-electron chi connectivity index (χ3n) is 3.08. The maximum Gasteiger partial charge on any atom is 0.419 e. The van der Waals surface area contributed by atoms with Crippen LogP contribution >= 0.6 is 0 Å². The molecule has 1 fully saturated rings. The molecule has 11 heteroatoms. The summed E-state index contributed by atoms with van der Waals surface area (Å²) in [5, 5.41) is 3.40. The third-order valence-corrected chi connectivity index (χ3v) is 4.39. The molecule has 0 N–H and O–H groups in total. The first-order valence-electron chi connectivity index (χ1n) is 6.95. The third kappa shape index (κ3) is 4.93. The smallest absolute Gasteiger partial charge is 0.320 e. The molecule has 1 aromatic rings. The molecule has 1 aliphatic rings. The molecule has 2 rings (SSSR count). The number of hydrogen-bond acceptors (Lipinski definition) is 4. The second kappa shape index (κ2) is 7.30. The number of aromatic nitrogens is 2. The van der Waals surface area contributed by atoms with Crippen molar-refractivity contribution in [3.63, 3.8) is 0 Å². The zero-order chi connectivity index (χ0) is 17.8. The van der Waals surface area contributed by atoms with E-state index in [2.05, 4.69) is 5.10 Å². The number of rotatable bonds is 1. The molecule has 132 valence electrons.